The summed E-state index contributed by atoms with van der Waals surface area (Å²) in [5.74, 6) is 1.32. The summed E-state index contributed by atoms with van der Waals surface area (Å²) in [6, 6.07) is 19.8. The lowest BCUT2D eigenvalue weighted by molar-refractivity contribution is -0.137. The molecular weight excluding hydrogens is 834 g/mol. The third-order valence-electron chi connectivity index (χ3n) is 14.4. The summed E-state index contributed by atoms with van der Waals surface area (Å²) < 4.78 is 15.3. The molecule has 6 aliphatic rings. The molecule has 5 fully saturated rings. The van der Waals surface area contributed by atoms with Crippen LogP contribution in [0.15, 0.2) is 77.0 Å². The van der Waals surface area contributed by atoms with Crippen molar-refractivity contribution in [3.05, 3.63) is 83.4 Å². The van der Waals surface area contributed by atoms with Gasteiger partial charge in [0.15, 0.2) is 0 Å². The first-order valence-corrected chi connectivity index (χ1v) is 22.9. The lowest BCUT2D eigenvalue weighted by Gasteiger charge is -2.36. The number of amides is 4. The van der Waals surface area contributed by atoms with Crippen LogP contribution in [0, 0.1) is 23.7 Å². The molecule has 4 amide bonds. The number of alkyl carbamates (subject to hydrolysis) is 2. The van der Waals surface area contributed by atoms with Gasteiger partial charge in [-0.1, -0.05) is 74.0 Å². The molecule has 3 N–H and O–H groups in total. The number of aromatic amines is 1. The van der Waals surface area contributed by atoms with Crippen LogP contribution in [0.3, 0.4) is 0 Å². The number of imidazole rings is 1. The molecule has 4 aliphatic heterocycles. The number of aliphatic imine (C=N–C) groups is 1. The number of H-pyrrole nitrogens is 1. The SMILES string of the molecule is COC(=O)N[C@H](C(=O)N1[C@@H]2C[C@@H]2C[C@H]1c1ncc(-c2ccc(-c3ccc4cc(C5=C(Cl)N=C(C6C[C@H]7C[C@H]7N6C(=O)[C@@H](NC(=O)OC)C6CCOCC6)C5)ccc4c3)cc2)[nH]1)C(C)C. The Bertz CT molecular complexity index is 2570. The van der Waals surface area contributed by atoms with Gasteiger partial charge < -0.3 is 39.6 Å². The van der Waals surface area contributed by atoms with Gasteiger partial charge in [0.1, 0.15) is 23.1 Å². The first kappa shape index (κ1) is 42.2. The fraction of sp³-hybridized carbons (Fsp3) is 0.469. The Morgan fingerprint density at radius 1 is 0.766 bits per heavy atom. The Morgan fingerprint density at radius 2 is 1.36 bits per heavy atom. The summed E-state index contributed by atoms with van der Waals surface area (Å²) >= 11 is 6.91. The Labute approximate surface area is 377 Å². The average molecular weight is 888 g/mol. The number of allylic oxidation sites excluding steroid dienone is 1. The highest BCUT2D eigenvalue weighted by Gasteiger charge is 2.58. The van der Waals surface area contributed by atoms with E-state index in [0.29, 0.717) is 49.5 Å². The zero-order valence-corrected chi connectivity index (χ0v) is 37.3. The van der Waals surface area contributed by atoms with Gasteiger partial charge in [0, 0.05) is 43.0 Å². The molecule has 1 unspecified atom stereocenters. The van der Waals surface area contributed by atoms with Crippen molar-refractivity contribution in [2.75, 3.05) is 27.4 Å². The maximum atomic E-state index is 14.3. The van der Waals surface area contributed by atoms with E-state index in [2.05, 4.69) is 76.3 Å². The number of methoxy groups -OCH3 is 2. The Balaban J connectivity index is 0.809. The van der Waals surface area contributed by atoms with E-state index in [1.807, 2.05) is 29.8 Å². The van der Waals surface area contributed by atoms with Crippen LogP contribution in [0.2, 0.25) is 0 Å². The first-order valence-electron chi connectivity index (χ1n) is 22.6. The van der Waals surface area contributed by atoms with Gasteiger partial charge in [0.2, 0.25) is 11.8 Å². The number of nitrogens with one attached hydrogen (secondary N) is 3. The maximum Gasteiger partial charge on any atom is 0.407 e. The number of likely N-dealkylation sites (tertiary alicyclic amines) is 2. The number of halogens is 1. The van der Waals surface area contributed by atoms with E-state index in [0.717, 1.165) is 81.5 Å². The van der Waals surface area contributed by atoms with Crippen LogP contribution in [-0.2, 0) is 23.8 Å². The molecular formula is C49H54ClN7O7. The van der Waals surface area contributed by atoms with Gasteiger partial charge >= 0.3 is 12.2 Å². The highest BCUT2D eigenvalue weighted by molar-refractivity contribution is 6.35. The fourth-order valence-corrected chi connectivity index (χ4v) is 11.0. The fourth-order valence-electron chi connectivity index (χ4n) is 10.7. The van der Waals surface area contributed by atoms with E-state index >= 15 is 0 Å². The second-order valence-corrected chi connectivity index (χ2v) is 19.0. The Kier molecular flexibility index (Phi) is 11.2. The van der Waals surface area contributed by atoms with Crippen molar-refractivity contribution in [3.8, 4) is 22.4 Å². The molecule has 14 nitrogen and oxygen atoms in total. The molecule has 5 heterocycles. The van der Waals surface area contributed by atoms with Crippen LogP contribution in [0.1, 0.15) is 76.2 Å². The molecule has 1 aromatic heterocycles. The van der Waals surface area contributed by atoms with Gasteiger partial charge in [-0.05, 0) is 107 Å². The predicted molar refractivity (Wildman–Crippen MR) is 242 cm³/mol. The standard InChI is InChI=1S/C49H54ClN7O7/c1-25(2)42(54-48(60)62-3)46(58)57-39-20-34(39)22-41(57)45-51-24-37(53-45)27-7-5-26(6-8-27)29-9-10-31-18-32(12-11-30(31)17-29)35-23-36(52-44(35)50)40-21-33-19-38(33)56(40)47(59)43(55-49(61)63-4)28-13-15-64-16-14-28/h5-12,17-18,24-25,28,33-34,38-43H,13-16,19-23H2,1-4H3,(H,51,53)(H,54,60)(H,55,61)/t33-,34-,38-,39-,40?,41+,42+,43+/m1/s1. The number of aromatic nitrogens is 2. The number of rotatable bonds is 11. The minimum atomic E-state index is -0.682. The molecule has 334 valence electrons. The third kappa shape index (κ3) is 7.93. The van der Waals surface area contributed by atoms with Gasteiger partial charge in [0.05, 0.1) is 38.2 Å². The highest BCUT2D eigenvalue weighted by Crippen LogP contribution is 2.54. The van der Waals surface area contributed by atoms with Gasteiger partial charge in [-0.2, -0.15) is 0 Å². The van der Waals surface area contributed by atoms with Gasteiger partial charge in [-0.3, -0.25) is 9.59 Å². The number of ether oxygens (including phenoxy) is 3. The van der Waals surface area contributed by atoms with Gasteiger partial charge in [0.25, 0.3) is 0 Å². The number of piperidine rings is 2. The van der Waals surface area contributed by atoms with Crippen molar-refractivity contribution in [1.29, 1.82) is 0 Å². The Morgan fingerprint density at radius 3 is 2.03 bits per heavy atom. The topological polar surface area (TPSA) is 168 Å². The van der Waals surface area contributed by atoms with Gasteiger partial charge in [-0.25, -0.2) is 19.6 Å². The van der Waals surface area contributed by atoms with Crippen molar-refractivity contribution in [2.45, 2.75) is 95.0 Å². The minimum absolute atomic E-state index is 0.0292. The van der Waals surface area contributed by atoms with E-state index < -0.39 is 24.3 Å². The number of carbonyl (C=O) groups is 4. The zero-order chi connectivity index (χ0) is 44.4. The molecule has 8 atom stereocenters. The van der Waals surface area contributed by atoms with E-state index in [1.54, 1.807) is 0 Å². The number of hydrogen-bond donors (Lipinski definition) is 3. The number of nitrogens with zero attached hydrogens (tertiary/aromatic N) is 4. The average Bonchev–Trinajstić information content (AvgIpc) is 3.96. The van der Waals surface area contributed by atoms with Crippen molar-refractivity contribution in [2.24, 2.45) is 28.7 Å². The molecule has 2 saturated carbocycles. The van der Waals surface area contributed by atoms with E-state index in [4.69, 9.17) is 35.8 Å². The zero-order valence-electron chi connectivity index (χ0n) is 36.5. The summed E-state index contributed by atoms with van der Waals surface area (Å²) in [4.78, 5) is 69.7. The summed E-state index contributed by atoms with van der Waals surface area (Å²) in [5, 5.41) is 8.24. The largest absolute Gasteiger partial charge is 0.453 e. The van der Waals surface area contributed by atoms with Crippen molar-refractivity contribution >= 4 is 57.7 Å². The predicted octanol–water partition coefficient (Wildman–Crippen LogP) is 7.83. The molecule has 2 aliphatic carbocycles. The summed E-state index contributed by atoms with van der Waals surface area (Å²) in [6.45, 7) is 4.96. The van der Waals surface area contributed by atoms with E-state index in [9.17, 15) is 19.2 Å². The second-order valence-electron chi connectivity index (χ2n) is 18.6. The smallest absolute Gasteiger partial charge is 0.407 e. The third-order valence-corrected chi connectivity index (χ3v) is 14.7. The van der Waals surface area contributed by atoms with E-state index in [1.165, 1.54) is 14.2 Å². The lowest BCUT2D eigenvalue weighted by atomic mass is 9.90. The first-order chi connectivity index (χ1) is 31.0. The maximum absolute atomic E-state index is 14.3. The summed E-state index contributed by atoms with van der Waals surface area (Å²) in [7, 11) is 2.62. The van der Waals surface area contributed by atoms with Crippen LogP contribution >= 0.6 is 11.6 Å². The van der Waals surface area contributed by atoms with Crippen LogP contribution < -0.4 is 10.6 Å². The molecule has 0 radical (unpaired) electrons. The van der Waals surface area contributed by atoms with Crippen LogP contribution in [0.4, 0.5) is 9.59 Å². The van der Waals surface area contributed by atoms with E-state index in [-0.39, 0.29) is 47.8 Å². The molecule has 0 spiro atoms. The van der Waals surface area contributed by atoms with Gasteiger partial charge in [-0.15, -0.1) is 0 Å². The molecule has 15 heteroatoms. The van der Waals surface area contributed by atoms with Crippen molar-refractivity contribution < 1.29 is 33.4 Å². The normalized spacial score (nSPS) is 25.8. The van der Waals surface area contributed by atoms with Crippen LogP contribution in [-0.4, -0.2) is 107 Å². The quantitative estimate of drug-likeness (QED) is 0.128. The number of fused-ring (bicyclic) bond motifs is 3. The lowest BCUT2D eigenvalue weighted by Crippen LogP contribution is -2.56. The molecule has 64 heavy (non-hydrogen) atoms. The second kappa shape index (κ2) is 17.0. The van der Waals surface area contributed by atoms with Crippen molar-refractivity contribution in [3.63, 3.8) is 0 Å². The van der Waals surface area contributed by atoms with Crippen molar-refractivity contribution in [1.82, 2.24) is 30.4 Å². The monoisotopic (exact) mass is 887 g/mol. The Hall–Kier alpha value is -5.73. The number of hydrogen-bond acceptors (Lipinski definition) is 9. The minimum Gasteiger partial charge on any atom is -0.453 e. The number of carbonyl (C=O) groups excluding carboxylic acids is 4. The number of benzene rings is 3. The molecule has 0 bridgehead atoms. The highest BCUT2D eigenvalue weighted by atomic mass is 35.5. The van der Waals surface area contributed by atoms with Crippen LogP contribution in [0.5, 0.6) is 0 Å². The molecule has 4 aromatic rings. The summed E-state index contributed by atoms with van der Waals surface area (Å²) in [5.41, 5.74) is 6.87. The summed E-state index contributed by atoms with van der Waals surface area (Å²) in [6.07, 6.45) is 6.18. The molecule has 10 rings (SSSR count). The molecule has 3 saturated heterocycles. The van der Waals surface area contributed by atoms with Crippen LogP contribution in [0.25, 0.3) is 38.7 Å². The molecule has 3 aromatic carbocycles.